The molecule has 2 N–H and O–H groups in total. The van der Waals surface area contributed by atoms with Crippen molar-refractivity contribution in [3.05, 3.63) is 66.3 Å². The van der Waals surface area contributed by atoms with Crippen LogP contribution >= 0.6 is 19.9 Å². The molecule has 0 spiro atoms. The molecule has 0 amide bonds. The molecular weight excluding hydrogens is 512 g/mol. The van der Waals surface area contributed by atoms with Gasteiger partial charge in [-0.15, -0.1) is 0 Å². The summed E-state index contributed by atoms with van der Waals surface area (Å²) >= 11 is 4.20. The monoisotopic (exact) mass is 551 g/mol. The van der Waals surface area contributed by atoms with Crippen molar-refractivity contribution in [2.24, 2.45) is 5.73 Å². The van der Waals surface area contributed by atoms with E-state index in [4.69, 9.17) is 38.8 Å². The molecule has 11 heteroatoms. The van der Waals surface area contributed by atoms with Gasteiger partial charge in [-0.05, 0) is 43.4 Å². The van der Waals surface area contributed by atoms with Crippen molar-refractivity contribution in [3.63, 3.8) is 0 Å². The highest BCUT2D eigenvalue weighted by atomic mass is 32.7. The second kappa shape index (κ2) is 16.4. The first-order chi connectivity index (χ1) is 18.0. The first-order valence-corrected chi connectivity index (χ1v) is 15.0. The lowest BCUT2D eigenvalue weighted by Gasteiger charge is -2.36. The van der Waals surface area contributed by atoms with Gasteiger partial charge in [-0.1, -0.05) is 38.5 Å². The van der Waals surface area contributed by atoms with Crippen molar-refractivity contribution in [2.45, 2.75) is 63.3 Å². The third-order valence-corrected chi connectivity index (χ3v) is 6.76. The molecule has 1 aromatic carbocycles. The summed E-state index contributed by atoms with van der Waals surface area (Å²) in [4.78, 5) is 0. The zero-order chi connectivity index (χ0) is 26.5. The highest BCUT2D eigenvalue weighted by molar-refractivity contribution is 8.46. The van der Waals surface area contributed by atoms with Crippen LogP contribution in [0.15, 0.2) is 60.7 Å². The van der Waals surface area contributed by atoms with Crippen LogP contribution < -0.4 is 10.5 Å². The summed E-state index contributed by atoms with van der Waals surface area (Å²) < 4.78 is 40.1. The van der Waals surface area contributed by atoms with Gasteiger partial charge in [-0.3, -0.25) is 0 Å². The second-order valence-electron chi connectivity index (χ2n) is 9.14. The molecule has 2 aliphatic rings. The molecule has 0 bridgehead atoms. The Hall–Kier alpha value is -1.52. The van der Waals surface area contributed by atoms with Crippen LogP contribution in [0.3, 0.4) is 0 Å². The Labute approximate surface area is 228 Å². The summed E-state index contributed by atoms with van der Waals surface area (Å²) in [7, 11) is 2.82. The van der Waals surface area contributed by atoms with Gasteiger partial charge in [0.25, 0.3) is 0 Å². The largest absolute Gasteiger partial charge is 0.497 e. The molecule has 1 unspecified atom stereocenters. The van der Waals surface area contributed by atoms with Gasteiger partial charge in [-0.2, -0.15) is 12.2 Å². The molecule has 3 rings (SSSR count). The lowest BCUT2D eigenvalue weighted by atomic mass is 9.94. The summed E-state index contributed by atoms with van der Waals surface area (Å²) in [6.45, 7) is 9.98. The molecule has 2 heterocycles. The average Bonchev–Trinajstić information content (AvgIpc) is 2.90. The van der Waals surface area contributed by atoms with Gasteiger partial charge >= 0.3 is 7.20 Å². The SMILES string of the molecule is C=C1C[C@H](C[C@@H]2CCO[C@H](/C(N)=C/OC(=C)COCc3ccc(OC)cc3)O2)O[C@@H](CCOBPS)C1. The van der Waals surface area contributed by atoms with Gasteiger partial charge < -0.3 is 38.8 Å². The molecular formula is C26H39BNO7PS. The first kappa shape index (κ1) is 30.0. The Balaban J connectivity index is 1.38. The molecule has 1 aromatic rings. The molecule has 0 aliphatic carbocycles. The number of methoxy groups -OCH3 is 1. The smallest absolute Gasteiger partial charge is 0.310 e. The summed E-state index contributed by atoms with van der Waals surface area (Å²) in [5, 5.41) is 0. The molecule has 0 saturated carbocycles. The number of hydrogen-bond acceptors (Lipinski definition) is 9. The maximum Gasteiger partial charge on any atom is 0.310 e. The number of nitrogens with two attached hydrogens (primary N) is 1. The van der Waals surface area contributed by atoms with Crippen LogP contribution in [-0.2, 0) is 34.9 Å². The van der Waals surface area contributed by atoms with E-state index in [0.29, 0.717) is 46.1 Å². The van der Waals surface area contributed by atoms with Gasteiger partial charge in [-0.25, -0.2) is 0 Å². The van der Waals surface area contributed by atoms with Crippen molar-refractivity contribution < 1.29 is 33.1 Å². The van der Waals surface area contributed by atoms with E-state index in [1.54, 1.807) is 7.11 Å². The van der Waals surface area contributed by atoms with E-state index in [2.05, 4.69) is 25.4 Å². The first-order valence-electron chi connectivity index (χ1n) is 12.5. The number of thiol groups is 1. The van der Waals surface area contributed by atoms with E-state index < -0.39 is 6.29 Å². The predicted molar refractivity (Wildman–Crippen MR) is 151 cm³/mol. The normalized spacial score (nSPS) is 24.8. The molecule has 0 aromatic heterocycles. The van der Waals surface area contributed by atoms with Crippen LogP contribution in [0.1, 0.15) is 37.7 Å². The van der Waals surface area contributed by atoms with Gasteiger partial charge in [0, 0.05) is 13.0 Å². The highest BCUT2D eigenvalue weighted by Gasteiger charge is 2.31. The zero-order valence-electron chi connectivity index (χ0n) is 21.6. The molecule has 2 fully saturated rings. The summed E-state index contributed by atoms with van der Waals surface area (Å²) in [6.07, 6.45) is 5.00. The van der Waals surface area contributed by atoms with E-state index in [-0.39, 0.29) is 24.9 Å². The lowest BCUT2D eigenvalue weighted by Crippen LogP contribution is -2.39. The average molecular weight is 551 g/mol. The molecule has 37 heavy (non-hydrogen) atoms. The maximum atomic E-state index is 6.31. The minimum atomic E-state index is -0.676. The Kier molecular flexibility index (Phi) is 13.4. The Bertz CT molecular complexity index is 888. The molecule has 8 nitrogen and oxygen atoms in total. The fourth-order valence-electron chi connectivity index (χ4n) is 4.21. The summed E-state index contributed by atoms with van der Waals surface area (Å²) in [5.41, 5.74) is 8.77. The molecule has 2 aliphatic heterocycles. The van der Waals surface area contributed by atoms with Crippen LogP contribution in [0.5, 0.6) is 5.75 Å². The number of rotatable bonds is 15. The summed E-state index contributed by atoms with van der Waals surface area (Å²) in [5.74, 6) is 1.24. The van der Waals surface area contributed by atoms with Crippen molar-refractivity contribution in [1.29, 1.82) is 0 Å². The van der Waals surface area contributed by atoms with Gasteiger partial charge in [0.1, 0.15) is 30.1 Å². The van der Waals surface area contributed by atoms with E-state index in [9.17, 15) is 0 Å². The minimum absolute atomic E-state index is 0.0279. The van der Waals surface area contributed by atoms with Crippen molar-refractivity contribution in [3.8, 4) is 5.75 Å². The van der Waals surface area contributed by atoms with Crippen molar-refractivity contribution >= 4 is 27.1 Å². The quantitative estimate of drug-likeness (QED) is 0.0830. The Morgan fingerprint density at radius 2 is 2.00 bits per heavy atom. The van der Waals surface area contributed by atoms with Crippen molar-refractivity contribution in [2.75, 3.05) is 26.9 Å². The standard InChI is InChI=1S/C26H39BNO7PS/c1-18-12-22(9-11-33-27-36-37)34-24(13-18)14-23-8-10-31-26(35-23)25(28)17-32-19(2)15-30-16-20-4-6-21(29-3)7-5-20/h4-7,17,22-24,26-27,36-37H,1-2,8-16,28H2,3H3/b25-17-/t22-,23-,24+,26-/m0/s1. The van der Waals surface area contributed by atoms with Gasteiger partial charge in [0.15, 0.2) is 0 Å². The molecule has 204 valence electrons. The molecule has 0 radical (unpaired) electrons. The molecule has 5 atom stereocenters. The Morgan fingerprint density at radius 1 is 1.22 bits per heavy atom. The van der Waals surface area contributed by atoms with Crippen LogP contribution in [0, 0.1) is 0 Å². The van der Waals surface area contributed by atoms with Gasteiger partial charge in [0.2, 0.25) is 6.29 Å². The van der Waals surface area contributed by atoms with Crippen LogP contribution in [0.25, 0.3) is 0 Å². The lowest BCUT2D eigenvalue weighted by molar-refractivity contribution is -0.204. The third-order valence-electron chi connectivity index (χ3n) is 6.04. The molecule has 2 saturated heterocycles. The Morgan fingerprint density at radius 3 is 2.76 bits per heavy atom. The fourth-order valence-corrected chi connectivity index (χ4v) is 4.72. The van der Waals surface area contributed by atoms with Crippen LogP contribution in [0.2, 0.25) is 0 Å². The van der Waals surface area contributed by atoms with Crippen LogP contribution in [0.4, 0.5) is 0 Å². The van der Waals surface area contributed by atoms with Crippen LogP contribution in [-0.4, -0.2) is 58.7 Å². The van der Waals surface area contributed by atoms with E-state index in [0.717, 1.165) is 43.4 Å². The summed E-state index contributed by atoms with van der Waals surface area (Å²) in [6, 6.07) is 7.67. The minimum Gasteiger partial charge on any atom is -0.497 e. The van der Waals surface area contributed by atoms with Gasteiger partial charge in [0.05, 0.1) is 38.6 Å². The predicted octanol–water partition coefficient (Wildman–Crippen LogP) is 4.36. The van der Waals surface area contributed by atoms with E-state index >= 15 is 0 Å². The highest BCUT2D eigenvalue weighted by Crippen LogP contribution is 2.30. The fraction of sp³-hybridized carbons (Fsp3) is 0.538. The number of ether oxygens (including phenoxy) is 6. The number of hydrogen-bond donors (Lipinski definition) is 2. The number of benzene rings is 1. The third kappa shape index (κ3) is 11.0. The topological polar surface area (TPSA) is 90.6 Å². The second-order valence-corrected chi connectivity index (χ2v) is 10.7. The van der Waals surface area contributed by atoms with E-state index in [1.165, 1.54) is 11.8 Å². The zero-order valence-corrected chi connectivity index (χ0v) is 23.5. The van der Waals surface area contributed by atoms with E-state index in [1.807, 2.05) is 24.3 Å². The van der Waals surface area contributed by atoms with Crippen molar-refractivity contribution in [1.82, 2.24) is 0 Å². The maximum absolute atomic E-state index is 6.31.